The molecule has 0 fully saturated rings. The van der Waals surface area contributed by atoms with E-state index in [9.17, 15) is 4.79 Å². The molecule has 2 aromatic rings. The van der Waals surface area contributed by atoms with Gasteiger partial charge in [0, 0.05) is 31.0 Å². The summed E-state index contributed by atoms with van der Waals surface area (Å²) in [6.45, 7) is 4.44. The summed E-state index contributed by atoms with van der Waals surface area (Å²) in [5.41, 5.74) is 0.670. The van der Waals surface area contributed by atoms with Gasteiger partial charge in [-0.15, -0.1) is 0 Å². The lowest BCUT2D eigenvalue weighted by molar-refractivity contribution is 0.0952. The van der Waals surface area contributed by atoms with E-state index in [1.165, 1.54) is 0 Å². The molecule has 0 atom stereocenters. The second-order valence-corrected chi connectivity index (χ2v) is 5.26. The molecule has 0 saturated carbocycles. The van der Waals surface area contributed by atoms with Gasteiger partial charge in [0.05, 0.1) is 6.61 Å². The van der Waals surface area contributed by atoms with Gasteiger partial charge in [-0.2, -0.15) is 0 Å². The second-order valence-electron chi connectivity index (χ2n) is 5.26. The van der Waals surface area contributed by atoms with Crippen LogP contribution in [0.3, 0.4) is 0 Å². The molecule has 0 aliphatic carbocycles. The Balaban J connectivity index is 1.70. The molecular formula is C18H24N2O2. The molecule has 4 heteroatoms. The van der Waals surface area contributed by atoms with Crippen LogP contribution in [0.4, 0.5) is 0 Å². The van der Waals surface area contributed by atoms with Crippen molar-refractivity contribution in [2.24, 2.45) is 0 Å². The van der Waals surface area contributed by atoms with E-state index < -0.39 is 0 Å². The Kier molecular flexibility index (Phi) is 6.55. The van der Waals surface area contributed by atoms with Gasteiger partial charge in [-0.25, -0.2) is 0 Å². The summed E-state index contributed by atoms with van der Waals surface area (Å²) in [5, 5.41) is 2.94. The maximum Gasteiger partial charge on any atom is 0.251 e. The number of benzene rings is 1. The van der Waals surface area contributed by atoms with E-state index in [-0.39, 0.29) is 5.91 Å². The SMILES string of the molecule is CCCCOc1ccc(C(=O)NCCCn2cccc2)cc1. The molecule has 0 spiro atoms. The molecule has 1 aromatic carbocycles. The highest BCUT2D eigenvalue weighted by molar-refractivity contribution is 5.94. The van der Waals surface area contributed by atoms with Crippen molar-refractivity contribution in [3.8, 4) is 5.75 Å². The van der Waals surface area contributed by atoms with Gasteiger partial charge >= 0.3 is 0 Å². The quantitative estimate of drug-likeness (QED) is 0.720. The zero-order valence-corrected chi connectivity index (χ0v) is 13.1. The minimum Gasteiger partial charge on any atom is -0.494 e. The lowest BCUT2D eigenvalue weighted by atomic mass is 10.2. The summed E-state index contributed by atoms with van der Waals surface area (Å²) >= 11 is 0. The molecule has 0 saturated heterocycles. The molecule has 4 nitrogen and oxygen atoms in total. The smallest absolute Gasteiger partial charge is 0.251 e. The minimum absolute atomic E-state index is 0.0346. The van der Waals surface area contributed by atoms with Crippen molar-refractivity contribution in [2.75, 3.05) is 13.2 Å². The number of amides is 1. The Morgan fingerprint density at radius 1 is 1.14 bits per heavy atom. The molecule has 1 heterocycles. The summed E-state index contributed by atoms with van der Waals surface area (Å²) < 4.78 is 7.69. The number of hydrogen-bond donors (Lipinski definition) is 1. The zero-order chi connectivity index (χ0) is 15.6. The highest BCUT2D eigenvalue weighted by Crippen LogP contribution is 2.12. The monoisotopic (exact) mass is 300 g/mol. The average Bonchev–Trinajstić information content (AvgIpc) is 3.06. The van der Waals surface area contributed by atoms with E-state index in [1.54, 1.807) is 0 Å². The summed E-state index contributed by atoms with van der Waals surface area (Å²) in [4.78, 5) is 12.0. The van der Waals surface area contributed by atoms with Gasteiger partial charge < -0.3 is 14.6 Å². The van der Waals surface area contributed by atoms with Crippen LogP contribution in [0.1, 0.15) is 36.5 Å². The summed E-state index contributed by atoms with van der Waals surface area (Å²) in [7, 11) is 0. The Bertz CT molecular complexity index is 547. The van der Waals surface area contributed by atoms with Gasteiger partial charge in [0.2, 0.25) is 0 Å². The first-order chi connectivity index (χ1) is 10.8. The van der Waals surface area contributed by atoms with Crippen LogP contribution in [0.25, 0.3) is 0 Å². The van der Waals surface area contributed by atoms with Crippen LogP contribution in [0.5, 0.6) is 5.75 Å². The van der Waals surface area contributed by atoms with E-state index >= 15 is 0 Å². The first-order valence-electron chi connectivity index (χ1n) is 7.91. The van der Waals surface area contributed by atoms with Crippen molar-refractivity contribution >= 4 is 5.91 Å². The lowest BCUT2D eigenvalue weighted by Gasteiger charge is -2.08. The molecule has 118 valence electrons. The minimum atomic E-state index is -0.0346. The number of unbranched alkanes of at least 4 members (excludes halogenated alkanes) is 1. The van der Waals surface area contributed by atoms with Crippen LogP contribution in [-0.4, -0.2) is 23.6 Å². The van der Waals surface area contributed by atoms with Crippen LogP contribution >= 0.6 is 0 Å². The molecule has 22 heavy (non-hydrogen) atoms. The predicted octanol–water partition coefficient (Wildman–Crippen LogP) is 3.49. The number of carbonyl (C=O) groups is 1. The Hall–Kier alpha value is -2.23. The number of carbonyl (C=O) groups excluding carboxylic acids is 1. The van der Waals surface area contributed by atoms with Crippen molar-refractivity contribution in [3.05, 3.63) is 54.4 Å². The van der Waals surface area contributed by atoms with Crippen molar-refractivity contribution in [1.82, 2.24) is 9.88 Å². The summed E-state index contributed by atoms with van der Waals surface area (Å²) in [6.07, 6.45) is 7.13. The average molecular weight is 300 g/mol. The molecule has 2 rings (SSSR count). The molecule has 0 aliphatic heterocycles. The third-order valence-corrected chi connectivity index (χ3v) is 3.43. The van der Waals surface area contributed by atoms with Gasteiger partial charge in [-0.3, -0.25) is 4.79 Å². The Morgan fingerprint density at radius 3 is 2.55 bits per heavy atom. The second kappa shape index (κ2) is 8.93. The van der Waals surface area contributed by atoms with Crippen LogP contribution in [0, 0.1) is 0 Å². The van der Waals surface area contributed by atoms with E-state index in [1.807, 2.05) is 48.8 Å². The summed E-state index contributed by atoms with van der Waals surface area (Å²) in [5.74, 6) is 0.783. The van der Waals surface area contributed by atoms with Gasteiger partial charge in [0.15, 0.2) is 0 Å². The first kappa shape index (κ1) is 16.1. The number of rotatable bonds is 9. The zero-order valence-electron chi connectivity index (χ0n) is 13.1. The molecular weight excluding hydrogens is 276 g/mol. The highest BCUT2D eigenvalue weighted by atomic mass is 16.5. The van der Waals surface area contributed by atoms with E-state index in [0.29, 0.717) is 12.1 Å². The van der Waals surface area contributed by atoms with Crippen molar-refractivity contribution in [3.63, 3.8) is 0 Å². The third kappa shape index (κ3) is 5.28. The number of aromatic nitrogens is 1. The largest absolute Gasteiger partial charge is 0.494 e. The van der Waals surface area contributed by atoms with Gasteiger partial charge in [0.25, 0.3) is 5.91 Å². The maximum atomic E-state index is 12.0. The van der Waals surface area contributed by atoms with Crippen LogP contribution in [0.2, 0.25) is 0 Å². The van der Waals surface area contributed by atoms with Crippen LogP contribution < -0.4 is 10.1 Å². The number of aryl methyl sites for hydroxylation is 1. The normalized spacial score (nSPS) is 10.4. The van der Waals surface area contributed by atoms with E-state index in [2.05, 4.69) is 16.8 Å². The lowest BCUT2D eigenvalue weighted by Crippen LogP contribution is -2.25. The molecule has 1 amide bonds. The van der Waals surface area contributed by atoms with E-state index in [4.69, 9.17) is 4.74 Å². The molecule has 0 unspecified atom stereocenters. The highest BCUT2D eigenvalue weighted by Gasteiger charge is 2.04. The Labute approximate surface area is 132 Å². The molecule has 1 aromatic heterocycles. The van der Waals surface area contributed by atoms with Crippen molar-refractivity contribution < 1.29 is 9.53 Å². The number of hydrogen-bond acceptors (Lipinski definition) is 2. The fourth-order valence-corrected chi connectivity index (χ4v) is 2.12. The first-order valence-corrected chi connectivity index (χ1v) is 7.91. The molecule has 0 radical (unpaired) electrons. The number of nitrogens with one attached hydrogen (secondary N) is 1. The molecule has 0 bridgehead atoms. The van der Waals surface area contributed by atoms with Crippen LogP contribution in [0.15, 0.2) is 48.8 Å². The van der Waals surface area contributed by atoms with Gasteiger partial charge in [-0.1, -0.05) is 13.3 Å². The standard InChI is InChI=1S/C18H24N2O2/c1-2-3-15-22-17-9-7-16(8-10-17)18(21)19-11-6-14-20-12-4-5-13-20/h4-5,7-10,12-13H,2-3,6,11,14-15H2,1H3,(H,19,21). The predicted molar refractivity (Wildman–Crippen MR) is 88.2 cm³/mol. The van der Waals surface area contributed by atoms with Gasteiger partial charge in [0.1, 0.15) is 5.75 Å². The fraction of sp³-hybridized carbons (Fsp3) is 0.389. The summed E-state index contributed by atoms with van der Waals surface area (Å²) in [6, 6.07) is 11.3. The maximum absolute atomic E-state index is 12.0. The van der Waals surface area contributed by atoms with Gasteiger partial charge in [-0.05, 0) is 49.2 Å². The molecule has 1 N–H and O–H groups in total. The van der Waals surface area contributed by atoms with Crippen molar-refractivity contribution in [1.29, 1.82) is 0 Å². The topological polar surface area (TPSA) is 43.3 Å². The van der Waals surface area contributed by atoms with Crippen LogP contribution in [-0.2, 0) is 6.54 Å². The molecule has 0 aliphatic rings. The fourth-order valence-electron chi connectivity index (χ4n) is 2.12. The van der Waals surface area contributed by atoms with E-state index in [0.717, 1.165) is 38.2 Å². The number of ether oxygens (including phenoxy) is 1. The number of nitrogens with zero attached hydrogens (tertiary/aromatic N) is 1. The Morgan fingerprint density at radius 2 is 1.86 bits per heavy atom. The third-order valence-electron chi connectivity index (χ3n) is 3.43. The van der Waals surface area contributed by atoms with Crippen molar-refractivity contribution in [2.45, 2.75) is 32.7 Å².